The van der Waals surface area contributed by atoms with Crippen molar-refractivity contribution in [2.75, 3.05) is 5.32 Å². The standard InChI is InChI=1S/C20H13F3N2O3/c21-20(22,23)17-11-6-14(12-24-17)19(27)28-16-9-7-15(8-10-16)25-18(26)13-4-2-1-3-5-13/h1-12H,(H,25,26). The molecule has 0 fully saturated rings. The number of halogens is 3. The van der Waals surface area contributed by atoms with Crippen LogP contribution in [0.1, 0.15) is 26.4 Å². The van der Waals surface area contributed by atoms with Crippen molar-refractivity contribution in [2.24, 2.45) is 0 Å². The van der Waals surface area contributed by atoms with E-state index in [0.717, 1.165) is 12.3 Å². The summed E-state index contributed by atoms with van der Waals surface area (Å²) in [6, 6.07) is 16.3. The van der Waals surface area contributed by atoms with E-state index >= 15 is 0 Å². The Morgan fingerprint density at radius 3 is 2.11 bits per heavy atom. The number of benzene rings is 2. The van der Waals surface area contributed by atoms with Crippen molar-refractivity contribution in [1.29, 1.82) is 0 Å². The van der Waals surface area contributed by atoms with E-state index < -0.39 is 17.8 Å². The van der Waals surface area contributed by atoms with Crippen LogP contribution in [0, 0.1) is 0 Å². The lowest BCUT2D eigenvalue weighted by atomic mass is 10.2. The van der Waals surface area contributed by atoms with Gasteiger partial charge in [0.05, 0.1) is 5.56 Å². The Morgan fingerprint density at radius 2 is 1.54 bits per heavy atom. The van der Waals surface area contributed by atoms with Crippen LogP contribution in [0.15, 0.2) is 72.9 Å². The minimum Gasteiger partial charge on any atom is -0.423 e. The summed E-state index contributed by atoms with van der Waals surface area (Å²) < 4.78 is 42.6. The van der Waals surface area contributed by atoms with E-state index in [4.69, 9.17) is 4.74 Å². The Labute approximate surface area is 157 Å². The molecule has 0 saturated carbocycles. The summed E-state index contributed by atoms with van der Waals surface area (Å²) in [5, 5.41) is 2.69. The third-order valence-corrected chi connectivity index (χ3v) is 3.65. The maximum Gasteiger partial charge on any atom is 0.433 e. The fraction of sp³-hybridized carbons (Fsp3) is 0.0500. The van der Waals surface area contributed by atoms with Crippen LogP contribution in [0.2, 0.25) is 0 Å². The number of amides is 1. The van der Waals surface area contributed by atoms with Crippen molar-refractivity contribution in [3.8, 4) is 5.75 Å². The average Bonchev–Trinajstić information content (AvgIpc) is 2.69. The number of carbonyl (C=O) groups excluding carboxylic acids is 2. The van der Waals surface area contributed by atoms with Gasteiger partial charge in [0.2, 0.25) is 0 Å². The highest BCUT2D eigenvalue weighted by atomic mass is 19.4. The van der Waals surface area contributed by atoms with Gasteiger partial charge in [-0.1, -0.05) is 18.2 Å². The lowest BCUT2D eigenvalue weighted by Crippen LogP contribution is -2.13. The predicted molar refractivity (Wildman–Crippen MR) is 95.0 cm³/mol. The highest BCUT2D eigenvalue weighted by Gasteiger charge is 2.32. The third kappa shape index (κ3) is 4.73. The Bertz CT molecular complexity index is 970. The van der Waals surface area contributed by atoms with Crippen LogP contribution in [-0.2, 0) is 6.18 Å². The minimum atomic E-state index is -4.58. The number of nitrogens with zero attached hydrogens (tertiary/aromatic N) is 1. The predicted octanol–water partition coefficient (Wildman–Crippen LogP) is 4.57. The third-order valence-electron chi connectivity index (χ3n) is 3.65. The van der Waals surface area contributed by atoms with E-state index in [0.29, 0.717) is 17.3 Å². The summed E-state index contributed by atoms with van der Waals surface area (Å²) in [5.41, 5.74) is -0.227. The number of hydrogen-bond acceptors (Lipinski definition) is 4. The lowest BCUT2D eigenvalue weighted by Gasteiger charge is -2.08. The maximum atomic E-state index is 12.5. The maximum absolute atomic E-state index is 12.5. The van der Waals surface area contributed by atoms with E-state index in [2.05, 4.69) is 10.3 Å². The van der Waals surface area contributed by atoms with Crippen LogP contribution >= 0.6 is 0 Å². The summed E-state index contributed by atoms with van der Waals surface area (Å²) in [6.07, 6.45) is -3.78. The first-order chi connectivity index (χ1) is 13.3. The van der Waals surface area contributed by atoms with E-state index in [1.54, 1.807) is 30.3 Å². The topological polar surface area (TPSA) is 68.3 Å². The molecule has 0 aliphatic carbocycles. The number of nitrogens with one attached hydrogen (secondary N) is 1. The minimum absolute atomic E-state index is 0.116. The van der Waals surface area contributed by atoms with Crippen molar-refractivity contribution in [1.82, 2.24) is 4.98 Å². The van der Waals surface area contributed by atoms with Crippen molar-refractivity contribution in [2.45, 2.75) is 6.18 Å². The summed E-state index contributed by atoms with van der Waals surface area (Å²) in [4.78, 5) is 27.3. The van der Waals surface area contributed by atoms with Crippen LogP contribution in [0.25, 0.3) is 0 Å². The van der Waals surface area contributed by atoms with E-state index in [1.807, 2.05) is 0 Å². The van der Waals surface area contributed by atoms with Gasteiger partial charge >= 0.3 is 12.1 Å². The number of esters is 1. The molecule has 0 spiro atoms. The van der Waals surface area contributed by atoms with Crippen LogP contribution in [-0.4, -0.2) is 16.9 Å². The molecule has 0 atom stereocenters. The van der Waals surface area contributed by atoms with Gasteiger partial charge < -0.3 is 10.1 Å². The molecule has 0 unspecified atom stereocenters. The number of hydrogen-bond donors (Lipinski definition) is 1. The number of ether oxygens (including phenoxy) is 1. The van der Waals surface area contributed by atoms with Crippen molar-refractivity contribution >= 4 is 17.6 Å². The van der Waals surface area contributed by atoms with Gasteiger partial charge in [0.15, 0.2) is 0 Å². The quantitative estimate of drug-likeness (QED) is 0.527. The number of alkyl halides is 3. The molecule has 5 nitrogen and oxygen atoms in total. The van der Waals surface area contributed by atoms with E-state index in [9.17, 15) is 22.8 Å². The second-order valence-corrected chi connectivity index (χ2v) is 5.66. The second kappa shape index (κ2) is 7.91. The molecule has 0 aliphatic heterocycles. The van der Waals surface area contributed by atoms with Crippen molar-refractivity contribution < 1.29 is 27.5 Å². The highest BCUT2D eigenvalue weighted by Crippen LogP contribution is 2.27. The van der Waals surface area contributed by atoms with Crippen LogP contribution < -0.4 is 10.1 Å². The molecule has 142 valence electrons. The Balaban J connectivity index is 1.62. The zero-order chi connectivity index (χ0) is 20.1. The molecule has 0 bridgehead atoms. The SMILES string of the molecule is O=C(Nc1ccc(OC(=O)c2ccc(C(F)(F)F)nc2)cc1)c1ccccc1. The van der Waals surface area contributed by atoms with Crippen molar-refractivity contribution in [3.63, 3.8) is 0 Å². The second-order valence-electron chi connectivity index (χ2n) is 5.66. The normalized spacial score (nSPS) is 11.0. The van der Waals surface area contributed by atoms with Gasteiger partial charge in [-0.3, -0.25) is 9.78 Å². The Kier molecular flexibility index (Phi) is 5.39. The summed E-state index contributed by atoms with van der Waals surface area (Å²) >= 11 is 0. The monoisotopic (exact) mass is 386 g/mol. The number of pyridine rings is 1. The Hall–Kier alpha value is -3.68. The van der Waals surface area contributed by atoms with Crippen LogP contribution in [0.4, 0.5) is 18.9 Å². The van der Waals surface area contributed by atoms with Gasteiger partial charge in [0.1, 0.15) is 11.4 Å². The summed E-state index contributed by atoms with van der Waals surface area (Å²) in [7, 11) is 0. The number of aromatic nitrogens is 1. The van der Waals surface area contributed by atoms with Crippen LogP contribution in [0.5, 0.6) is 5.75 Å². The van der Waals surface area contributed by atoms with Gasteiger partial charge in [-0.05, 0) is 48.5 Å². The molecule has 3 aromatic rings. The first kappa shape index (κ1) is 19.1. The van der Waals surface area contributed by atoms with Crippen molar-refractivity contribution in [3.05, 3.63) is 89.7 Å². The molecule has 8 heteroatoms. The molecular formula is C20H13F3N2O3. The van der Waals surface area contributed by atoms with Gasteiger partial charge in [-0.15, -0.1) is 0 Å². The molecule has 0 radical (unpaired) electrons. The molecule has 1 amide bonds. The fourth-order valence-corrected chi connectivity index (χ4v) is 2.25. The summed E-state index contributed by atoms with van der Waals surface area (Å²) in [5.74, 6) is -0.967. The molecular weight excluding hydrogens is 373 g/mol. The van der Waals surface area contributed by atoms with Gasteiger partial charge in [0, 0.05) is 17.4 Å². The number of carbonyl (C=O) groups is 2. The number of rotatable bonds is 4. The smallest absolute Gasteiger partial charge is 0.423 e. The van der Waals surface area contributed by atoms with Gasteiger partial charge in [0.25, 0.3) is 5.91 Å². The molecule has 0 aliphatic rings. The van der Waals surface area contributed by atoms with Gasteiger partial charge in [-0.25, -0.2) is 4.79 Å². The largest absolute Gasteiger partial charge is 0.433 e. The first-order valence-corrected chi connectivity index (χ1v) is 8.05. The zero-order valence-electron chi connectivity index (χ0n) is 14.2. The number of anilines is 1. The fourth-order valence-electron chi connectivity index (χ4n) is 2.25. The Morgan fingerprint density at radius 1 is 0.857 bits per heavy atom. The van der Waals surface area contributed by atoms with E-state index in [1.165, 1.54) is 24.3 Å². The molecule has 1 heterocycles. The molecule has 28 heavy (non-hydrogen) atoms. The lowest BCUT2D eigenvalue weighted by molar-refractivity contribution is -0.141. The molecule has 1 aromatic heterocycles. The van der Waals surface area contributed by atoms with Gasteiger partial charge in [-0.2, -0.15) is 13.2 Å². The molecule has 1 N–H and O–H groups in total. The highest BCUT2D eigenvalue weighted by molar-refractivity contribution is 6.04. The average molecular weight is 386 g/mol. The molecule has 3 rings (SSSR count). The van der Waals surface area contributed by atoms with E-state index in [-0.39, 0.29) is 17.2 Å². The molecule has 2 aromatic carbocycles. The summed E-state index contributed by atoms with van der Waals surface area (Å²) in [6.45, 7) is 0. The van der Waals surface area contributed by atoms with Crippen LogP contribution in [0.3, 0.4) is 0 Å². The molecule has 0 saturated heterocycles. The first-order valence-electron chi connectivity index (χ1n) is 8.05. The zero-order valence-corrected chi connectivity index (χ0v) is 14.2.